The Morgan fingerprint density at radius 3 is 2.86 bits per heavy atom. The number of aliphatic hydroxyl groups excluding tert-OH is 1. The van der Waals surface area contributed by atoms with Crippen LogP contribution in [0, 0.1) is 18.8 Å². The maximum atomic E-state index is 12.3. The Balaban J connectivity index is 2.81. The summed E-state index contributed by atoms with van der Waals surface area (Å²) < 4.78 is 5.26. The van der Waals surface area contributed by atoms with Gasteiger partial charge in [-0.3, -0.25) is 4.79 Å². The van der Waals surface area contributed by atoms with Crippen molar-refractivity contribution in [2.75, 3.05) is 33.4 Å². The average Bonchev–Trinajstić information content (AvgIpc) is 2.48. The van der Waals surface area contributed by atoms with E-state index in [4.69, 9.17) is 9.84 Å². The lowest BCUT2D eigenvalue weighted by Crippen LogP contribution is -2.30. The molecule has 1 aromatic rings. The standard InChI is InChI=1S/C17H23NO3/c1-4-21-12-10-18(3)17(20)16-9-8-14(2)15(13-16)7-5-6-11-19/h8-9,13,19H,4,6,10-12H2,1-3H3. The fourth-order valence-electron chi connectivity index (χ4n) is 1.77. The van der Waals surface area contributed by atoms with Crippen molar-refractivity contribution in [1.29, 1.82) is 0 Å². The highest BCUT2D eigenvalue weighted by Gasteiger charge is 2.12. The zero-order valence-electron chi connectivity index (χ0n) is 13.0. The Hall–Kier alpha value is -1.83. The van der Waals surface area contributed by atoms with E-state index in [0.717, 1.165) is 11.1 Å². The molecule has 0 aliphatic heterocycles. The van der Waals surface area contributed by atoms with E-state index < -0.39 is 0 Å². The monoisotopic (exact) mass is 289 g/mol. The van der Waals surface area contributed by atoms with E-state index in [-0.39, 0.29) is 12.5 Å². The molecular weight excluding hydrogens is 266 g/mol. The first-order valence-electron chi connectivity index (χ1n) is 7.13. The van der Waals surface area contributed by atoms with Crippen molar-refractivity contribution in [3.8, 4) is 11.8 Å². The van der Waals surface area contributed by atoms with Crippen LogP contribution in [0.15, 0.2) is 18.2 Å². The smallest absolute Gasteiger partial charge is 0.253 e. The van der Waals surface area contributed by atoms with Crippen molar-refractivity contribution in [3.05, 3.63) is 34.9 Å². The molecular formula is C17H23NO3. The van der Waals surface area contributed by atoms with E-state index >= 15 is 0 Å². The maximum absolute atomic E-state index is 12.3. The molecule has 4 nitrogen and oxygen atoms in total. The van der Waals surface area contributed by atoms with E-state index in [1.54, 1.807) is 18.0 Å². The molecule has 0 heterocycles. The van der Waals surface area contributed by atoms with Gasteiger partial charge >= 0.3 is 0 Å². The average molecular weight is 289 g/mol. The number of nitrogens with zero attached hydrogens (tertiary/aromatic N) is 1. The second-order valence-electron chi connectivity index (χ2n) is 4.73. The van der Waals surface area contributed by atoms with Gasteiger partial charge in [-0.15, -0.1) is 0 Å². The lowest BCUT2D eigenvalue weighted by Gasteiger charge is -2.17. The Morgan fingerprint density at radius 1 is 1.43 bits per heavy atom. The van der Waals surface area contributed by atoms with Crippen LogP contribution < -0.4 is 0 Å². The summed E-state index contributed by atoms with van der Waals surface area (Å²) in [5, 5.41) is 8.76. The molecule has 0 fully saturated rings. The van der Waals surface area contributed by atoms with Crippen LogP contribution in [0.5, 0.6) is 0 Å². The van der Waals surface area contributed by atoms with Crippen molar-refractivity contribution >= 4 is 5.91 Å². The molecule has 1 amide bonds. The molecule has 0 saturated heterocycles. The minimum atomic E-state index is -0.0417. The van der Waals surface area contributed by atoms with Gasteiger partial charge in [0.2, 0.25) is 0 Å². The molecule has 0 unspecified atom stereocenters. The normalized spacial score (nSPS) is 9.90. The number of hydrogen-bond donors (Lipinski definition) is 1. The lowest BCUT2D eigenvalue weighted by atomic mass is 10.0. The highest BCUT2D eigenvalue weighted by molar-refractivity contribution is 5.94. The molecule has 0 aliphatic rings. The van der Waals surface area contributed by atoms with Crippen LogP contribution in [-0.2, 0) is 4.74 Å². The number of aliphatic hydroxyl groups is 1. The summed E-state index contributed by atoms with van der Waals surface area (Å²) >= 11 is 0. The zero-order valence-corrected chi connectivity index (χ0v) is 13.0. The third-order valence-corrected chi connectivity index (χ3v) is 3.07. The molecule has 0 saturated carbocycles. The lowest BCUT2D eigenvalue weighted by molar-refractivity contribution is 0.0710. The van der Waals surface area contributed by atoms with Crippen molar-refractivity contribution in [2.45, 2.75) is 20.3 Å². The minimum Gasteiger partial charge on any atom is -0.395 e. The molecule has 4 heteroatoms. The van der Waals surface area contributed by atoms with Gasteiger partial charge in [0.05, 0.1) is 13.2 Å². The number of carbonyl (C=O) groups excluding carboxylic acids is 1. The Labute approximate surface area is 126 Å². The molecule has 0 radical (unpaired) electrons. The first-order valence-corrected chi connectivity index (χ1v) is 7.13. The Kier molecular flexibility index (Phi) is 7.52. The maximum Gasteiger partial charge on any atom is 0.253 e. The molecule has 0 atom stereocenters. The zero-order chi connectivity index (χ0) is 15.7. The van der Waals surface area contributed by atoms with Gasteiger partial charge in [0.25, 0.3) is 5.91 Å². The largest absolute Gasteiger partial charge is 0.395 e. The van der Waals surface area contributed by atoms with Gasteiger partial charge in [-0.05, 0) is 31.5 Å². The van der Waals surface area contributed by atoms with Gasteiger partial charge in [0.15, 0.2) is 0 Å². The number of amides is 1. The Bertz CT molecular complexity index is 529. The summed E-state index contributed by atoms with van der Waals surface area (Å²) in [6, 6.07) is 5.51. The molecule has 0 aromatic heterocycles. The van der Waals surface area contributed by atoms with Crippen LogP contribution in [0.2, 0.25) is 0 Å². The predicted molar refractivity (Wildman–Crippen MR) is 83.2 cm³/mol. The van der Waals surface area contributed by atoms with Crippen LogP contribution in [-0.4, -0.2) is 49.3 Å². The quantitative estimate of drug-likeness (QED) is 0.642. The van der Waals surface area contributed by atoms with Gasteiger partial charge in [0.1, 0.15) is 0 Å². The molecule has 0 aliphatic carbocycles. The molecule has 0 spiro atoms. The molecule has 1 rings (SSSR count). The second kappa shape index (κ2) is 9.17. The number of aryl methyl sites for hydroxylation is 1. The van der Waals surface area contributed by atoms with Crippen molar-refractivity contribution < 1.29 is 14.6 Å². The van der Waals surface area contributed by atoms with Crippen LogP contribution in [0.4, 0.5) is 0 Å². The van der Waals surface area contributed by atoms with Crippen molar-refractivity contribution in [1.82, 2.24) is 4.90 Å². The van der Waals surface area contributed by atoms with Crippen LogP contribution in [0.3, 0.4) is 0 Å². The summed E-state index contributed by atoms with van der Waals surface area (Å²) in [7, 11) is 1.76. The number of carbonyl (C=O) groups is 1. The highest BCUT2D eigenvalue weighted by atomic mass is 16.5. The Morgan fingerprint density at radius 2 is 2.19 bits per heavy atom. The first kappa shape index (κ1) is 17.2. The number of hydrogen-bond acceptors (Lipinski definition) is 3. The summed E-state index contributed by atoms with van der Waals surface area (Å²) in [6.07, 6.45) is 0.436. The topological polar surface area (TPSA) is 49.8 Å². The third kappa shape index (κ3) is 5.58. The third-order valence-electron chi connectivity index (χ3n) is 3.07. The van der Waals surface area contributed by atoms with E-state index in [1.165, 1.54) is 0 Å². The summed E-state index contributed by atoms with van der Waals surface area (Å²) in [5.74, 6) is 5.84. The van der Waals surface area contributed by atoms with Gasteiger partial charge in [-0.25, -0.2) is 0 Å². The van der Waals surface area contributed by atoms with Gasteiger partial charge in [-0.1, -0.05) is 17.9 Å². The molecule has 114 valence electrons. The van der Waals surface area contributed by atoms with E-state index in [1.807, 2.05) is 26.0 Å². The summed E-state index contributed by atoms with van der Waals surface area (Å²) in [4.78, 5) is 14.0. The van der Waals surface area contributed by atoms with Crippen molar-refractivity contribution in [2.24, 2.45) is 0 Å². The summed E-state index contributed by atoms with van der Waals surface area (Å²) in [6.45, 7) is 5.68. The summed E-state index contributed by atoms with van der Waals surface area (Å²) in [5.41, 5.74) is 2.47. The first-order chi connectivity index (χ1) is 10.1. The number of ether oxygens (including phenoxy) is 1. The van der Waals surface area contributed by atoms with Crippen LogP contribution >= 0.6 is 0 Å². The van der Waals surface area contributed by atoms with Crippen LogP contribution in [0.1, 0.15) is 34.8 Å². The van der Waals surface area contributed by atoms with Gasteiger partial charge in [-0.2, -0.15) is 0 Å². The fourth-order valence-corrected chi connectivity index (χ4v) is 1.77. The minimum absolute atomic E-state index is 0.0417. The van der Waals surface area contributed by atoms with E-state index in [2.05, 4.69) is 11.8 Å². The molecule has 0 bridgehead atoms. The molecule has 21 heavy (non-hydrogen) atoms. The molecule has 1 N–H and O–H groups in total. The number of rotatable bonds is 6. The van der Waals surface area contributed by atoms with Gasteiger partial charge < -0.3 is 14.7 Å². The number of benzene rings is 1. The highest BCUT2D eigenvalue weighted by Crippen LogP contribution is 2.12. The van der Waals surface area contributed by atoms with Crippen molar-refractivity contribution in [3.63, 3.8) is 0 Å². The van der Waals surface area contributed by atoms with E-state index in [0.29, 0.717) is 31.7 Å². The predicted octanol–water partition coefficient (Wildman–Crippen LogP) is 1.84. The molecule has 1 aromatic carbocycles. The van der Waals surface area contributed by atoms with Gasteiger partial charge in [0, 0.05) is 37.7 Å². The second-order valence-corrected chi connectivity index (χ2v) is 4.73. The van der Waals surface area contributed by atoms with Crippen LogP contribution in [0.25, 0.3) is 0 Å². The fraction of sp³-hybridized carbons (Fsp3) is 0.471. The van der Waals surface area contributed by atoms with E-state index in [9.17, 15) is 4.79 Å². The SMILES string of the molecule is CCOCCN(C)C(=O)c1ccc(C)c(C#CCCO)c1. The number of likely N-dealkylation sites (N-methyl/N-ethyl adjacent to an activating group) is 1.